The van der Waals surface area contributed by atoms with Crippen LogP contribution in [0.3, 0.4) is 0 Å². The molecule has 1 amide bonds. The van der Waals surface area contributed by atoms with Crippen LogP contribution in [0.25, 0.3) is 0 Å². The molecule has 0 bridgehead atoms. The number of carbonyl (C=O) groups is 1. The van der Waals surface area contributed by atoms with Gasteiger partial charge in [0.05, 0.1) is 12.9 Å². The van der Waals surface area contributed by atoms with E-state index in [2.05, 4.69) is 16.4 Å². The van der Waals surface area contributed by atoms with Crippen LogP contribution in [0.4, 0.5) is 0 Å². The Morgan fingerprint density at radius 3 is 1.57 bits per heavy atom. The molecule has 0 unspecified atom stereocenters. The van der Waals surface area contributed by atoms with E-state index in [4.69, 9.17) is 0 Å². The fourth-order valence-corrected chi connectivity index (χ4v) is 3.66. The molecular formula is C21H44KNO4S. The molecule has 0 saturated carbocycles. The van der Waals surface area contributed by atoms with Crippen molar-refractivity contribution in [1.82, 2.24) is 5.32 Å². The van der Waals surface area contributed by atoms with Crippen LogP contribution >= 0.6 is 0 Å². The van der Waals surface area contributed by atoms with E-state index in [0.29, 0.717) is 6.42 Å². The van der Waals surface area contributed by atoms with Gasteiger partial charge in [-0.2, -0.15) is 8.42 Å². The van der Waals surface area contributed by atoms with Crippen LogP contribution in [0.5, 0.6) is 0 Å². The van der Waals surface area contributed by atoms with Gasteiger partial charge in [0.15, 0.2) is 0 Å². The van der Waals surface area contributed by atoms with Gasteiger partial charge in [0.1, 0.15) is 0 Å². The van der Waals surface area contributed by atoms with Gasteiger partial charge in [-0.25, -0.2) is 0 Å². The second-order valence-electron chi connectivity index (χ2n) is 7.48. The number of carbonyl (C=O) groups excluding carboxylic acids is 1. The Labute approximate surface area is 218 Å². The van der Waals surface area contributed by atoms with Crippen molar-refractivity contribution < 1.29 is 70.2 Å². The van der Waals surface area contributed by atoms with E-state index < -0.39 is 10.1 Å². The molecule has 0 rings (SSSR count). The molecule has 0 saturated heterocycles. The number of nitrogens with one attached hydrogen (secondary N) is 1. The average molecular weight is 446 g/mol. The summed E-state index contributed by atoms with van der Waals surface area (Å²) >= 11 is 0. The first-order valence-electron chi connectivity index (χ1n) is 11.1. The molecule has 0 aliphatic carbocycles. The maximum atomic E-state index is 11.6. The molecule has 0 radical (unpaired) electrons. The molecule has 0 aromatic heterocycles. The van der Waals surface area contributed by atoms with Gasteiger partial charge in [-0.1, -0.05) is 96.8 Å². The minimum Gasteiger partial charge on any atom is -1.00 e. The van der Waals surface area contributed by atoms with E-state index in [-0.39, 0.29) is 71.0 Å². The molecule has 164 valence electrons. The Morgan fingerprint density at radius 1 is 0.786 bits per heavy atom. The van der Waals surface area contributed by atoms with Crippen LogP contribution in [0.15, 0.2) is 0 Å². The van der Waals surface area contributed by atoms with Gasteiger partial charge in [-0.05, 0) is 6.42 Å². The second kappa shape index (κ2) is 22.7. The third-order valence-electron chi connectivity index (χ3n) is 4.94. The molecule has 5 nitrogen and oxygen atoms in total. The summed E-state index contributed by atoms with van der Waals surface area (Å²) in [5, 5.41) is 2.62. The van der Waals surface area contributed by atoms with E-state index >= 15 is 0 Å². The Hall–Kier alpha value is 1.02. The van der Waals surface area contributed by atoms with Crippen LogP contribution in [-0.4, -0.2) is 33.7 Å². The van der Waals surface area contributed by atoms with E-state index in [9.17, 15) is 13.2 Å². The number of rotatable bonds is 20. The van der Waals surface area contributed by atoms with Crippen LogP contribution in [0.1, 0.15) is 111 Å². The van der Waals surface area contributed by atoms with E-state index in [1.54, 1.807) is 0 Å². The van der Waals surface area contributed by atoms with Crippen molar-refractivity contribution in [2.75, 3.05) is 19.4 Å². The predicted molar refractivity (Wildman–Crippen MR) is 114 cm³/mol. The summed E-state index contributed by atoms with van der Waals surface area (Å²) in [7, 11) is -2.35. The number of hydrogen-bond donors (Lipinski definition) is 1. The molecule has 0 atom stereocenters. The minimum atomic E-state index is -3.48. The maximum absolute atomic E-state index is 11.6. The molecule has 0 aliphatic rings. The Morgan fingerprint density at radius 2 is 1.18 bits per heavy atom. The van der Waals surface area contributed by atoms with Crippen molar-refractivity contribution >= 4 is 16.0 Å². The Balaban J connectivity index is -0.00000338. The average Bonchev–Trinajstić information content (AvgIpc) is 2.64. The molecule has 1 N–H and O–H groups in total. The molecule has 0 aromatic rings. The van der Waals surface area contributed by atoms with Gasteiger partial charge < -0.3 is 6.74 Å². The summed E-state index contributed by atoms with van der Waals surface area (Å²) in [5.41, 5.74) is 0. The van der Waals surface area contributed by atoms with Gasteiger partial charge in [-0.3, -0.25) is 8.98 Å². The van der Waals surface area contributed by atoms with Gasteiger partial charge in [0.2, 0.25) is 5.91 Å². The van der Waals surface area contributed by atoms with Crippen LogP contribution in [-0.2, 0) is 19.1 Å². The standard InChI is InChI=1S/C21H43NO4S.K.H/c1-3-4-5-6-7-8-9-10-11-12-13-14-15-16-17-18-21(23)22-19-20-27(24,25)26-2;;/h3-20H2,1-2H3,(H,22,23);;/q;+1;-1. The predicted octanol–water partition coefficient (Wildman–Crippen LogP) is 2.46. The van der Waals surface area contributed by atoms with Crippen LogP contribution in [0, 0.1) is 0 Å². The summed E-state index contributed by atoms with van der Waals surface area (Å²) in [6.45, 7) is 2.38. The monoisotopic (exact) mass is 445 g/mol. The molecule has 0 spiro atoms. The number of unbranched alkanes of at least 4 members (excludes halogenated alkanes) is 14. The number of amides is 1. The quantitative estimate of drug-likeness (QED) is 0.177. The Kier molecular flexibility index (Phi) is 25.3. The molecule has 0 aromatic carbocycles. The molecular weight excluding hydrogens is 401 g/mol. The zero-order valence-corrected chi connectivity index (χ0v) is 22.7. The summed E-state index contributed by atoms with van der Waals surface area (Å²) in [4.78, 5) is 11.6. The van der Waals surface area contributed by atoms with Crippen molar-refractivity contribution in [3.05, 3.63) is 0 Å². The van der Waals surface area contributed by atoms with E-state index in [0.717, 1.165) is 20.0 Å². The maximum Gasteiger partial charge on any atom is 1.00 e. The van der Waals surface area contributed by atoms with Gasteiger partial charge in [-0.15, -0.1) is 0 Å². The molecule has 0 heterocycles. The van der Waals surface area contributed by atoms with Gasteiger partial charge in [0, 0.05) is 13.0 Å². The fraction of sp³-hybridized carbons (Fsp3) is 0.952. The largest absolute Gasteiger partial charge is 1.00 e. The van der Waals surface area contributed by atoms with E-state index in [1.165, 1.54) is 83.5 Å². The van der Waals surface area contributed by atoms with Crippen molar-refractivity contribution in [3.8, 4) is 0 Å². The van der Waals surface area contributed by atoms with Crippen LogP contribution < -0.4 is 56.7 Å². The summed E-state index contributed by atoms with van der Waals surface area (Å²) < 4.78 is 26.6. The Bertz CT molecular complexity index is 450. The topological polar surface area (TPSA) is 72.5 Å². The van der Waals surface area contributed by atoms with Crippen molar-refractivity contribution in [2.45, 2.75) is 110 Å². The molecule has 0 aliphatic heterocycles. The summed E-state index contributed by atoms with van der Waals surface area (Å²) in [6.07, 6.45) is 20.0. The van der Waals surface area contributed by atoms with Crippen molar-refractivity contribution in [2.24, 2.45) is 0 Å². The van der Waals surface area contributed by atoms with Crippen molar-refractivity contribution in [1.29, 1.82) is 0 Å². The zero-order chi connectivity index (χ0) is 20.2. The SMILES string of the molecule is CCCCCCCCCCCCCCCCCC(=O)NCCS(=O)(=O)OC.[H-].[K+]. The smallest absolute Gasteiger partial charge is 1.00 e. The molecule has 0 fully saturated rings. The van der Waals surface area contributed by atoms with Gasteiger partial charge in [0.25, 0.3) is 10.1 Å². The normalized spacial score (nSPS) is 11.2. The minimum absolute atomic E-state index is 0. The first kappa shape index (κ1) is 31.2. The second-order valence-corrected chi connectivity index (χ2v) is 9.34. The first-order chi connectivity index (χ1) is 13.0. The van der Waals surface area contributed by atoms with Crippen molar-refractivity contribution in [3.63, 3.8) is 0 Å². The summed E-state index contributed by atoms with van der Waals surface area (Å²) in [6, 6.07) is 0. The summed E-state index contributed by atoms with van der Waals surface area (Å²) in [5.74, 6) is -0.246. The third-order valence-corrected chi connectivity index (χ3v) is 6.15. The van der Waals surface area contributed by atoms with Crippen LogP contribution in [0.2, 0.25) is 0 Å². The van der Waals surface area contributed by atoms with Gasteiger partial charge >= 0.3 is 51.4 Å². The molecule has 7 heteroatoms. The van der Waals surface area contributed by atoms with E-state index in [1.807, 2.05) is 0 Å². The molecule has 28 heavy (non-hydrogen) atoms. The first-order valence-corrected chi connectivity index (χ1v) is 12.6. The zero-order valence-electron chi connectivity index (χ0n) is 19.8. The third kappa shape index (κ3) is 23.3. The fourth-order valence-electron chi connectivity index (χ4n) is 3.14. The number of hydrogen-bond acceptors (Lipinski definition) is 4.